The number of H-pyrrole nitrogens is 2. The van der Waals surface area contributed by atoms with Gasteiger partial charge in [0.05, 0.1) is 22.3 Å². The van der Waals surface area contributed by atoms with E-state index in [1.807, 2.05) is 36.4 Å². The smallest absolute Gasteiger partial charge is 0.249 e. The number of hydrogen-bond donors (Lipinski definition) is 3. The molecule has 4 aromatic rings. The SMILES string of the molecule is O=c1cc(-c2cc(NCc3ccc(Cl)s3)[nH]n2)cc(-c2cccnc2)[nH]1. The molecule has 0 atom stereocenters. The first-order valence-electron chi connectivity index (χ1n) is 7.86. The molecule has 0 spiro atoms. The van der Waals surface area contributed by atoms with Gasteiger partial charge < -0.3 is 10.3 Å². The molecule has 0 saturated carbocycles. The molecule has 0 aliphatic rings. The second-order valence-corrected chi connectivity index (χ2v) is 7.41. The number of nitrogens with one attached hydrogen (secondary N) is 3. The lowest BCUT2D eigenvalue weighted by atomic mass is 10.1. The average molecular weight is 384 g/mol. The van der Waals surface area contributed by atoms with E-state index in [0.717, 1.165) is 26.2 Å². The van der Waals surface area contributed by atoms with Crippen molar-refractivity contribution in [3.63, 3.8) is 0 Å². The minimum Gasteiger partial charge on any atom is -0.366 e. The molecule has 4 rings (SSSR count). The fraction of sp³-hybridized carbons (Fsp3) is 0.0556. The Labute approximate surface area is 157 Å². The number of rotatable bonds is 5. The quantitative estimate of drug-likeness (QED) is 0.483. The lowest BCUT2D eigenvalue weighted by molar-refractivity contribution is 1.06. The normalized spacial score (nSPS) is 10.8. The molecule has 8 heteroatoms. The highest BCUT2D eigenvalue weighted by Gasteiger charge is 2.08. The van der Waals surface area contributed by atoms with Crippen LogP contribution in [0.5, 0.6) is 0 Å². The number of halogens is 1. The Morgan fingerprint density at radius 3 is 2.85 bits per heavy atom. The van der Waals surface area contributed by atoms with Crippen molar-refractivity contribution in [1.29, 1.82) is 0 Å². The first kappa shape index (κ1) is 16.6. The predicted octanol–water partition coefficient (Wildman–Crippen LogP) is 4.15. The van der Waals surface area contributed by atoms with Gasteiger partial charge in [-0.25, -0.2) is 0 Å². The maximum absolute atomic E-state index is 12.0. The Morgan fingerprint density at radius 2 is 2.08 bits per heavy atom. The molecule has 0 aliphatic carbocycles. The third-order valence-corrected chi connectivity index (χ3v) is 5.00. The molecule has 0 bridgehead atoms. The van der Waals surface area contributed by atoms with Gasteiger partial charge in [0.2, 0.25) is 5.56 Å². The summed E-state index contributed by atoms with van der Waals surface area (Å²) >= 11 is 7.47. The van der Waals surface area contributed by atoms with Crippen molar-refractivity contribution in [3.05, 3.63) is 74.4 Å². The summed E-state index contributed by atoms with van der Waals surface area (Å²) in [6.07, 6.45) is 3.40. The van der Waals surface area contributed by atoms with Crippen molar-refractivity contribution in [2.45, 2.75) is 6.54 Å². The van der Waals surface area contributed by atoms with Gasteiger partial charge in [0.1, 0.15) is 5.82 Å². The summed E-state index contributed by atoms with van der Waals surface area (Å²) < 4.78 is 0.763. The summed E-state index contributed by atoms with van der Waals surface area (Å²) in [4.78, 5) is 20.1. The summed E-state index contributed by atoms with van der Waals surface area (Å²) in [5, 5.41) is 10.5. The minimum atomic E-state index is -0.188. The molecule has 0 aliphatic heterocycles. The van der Waals surface area contributed by atoms with Crippen molar-refractivity contribution in [2.24, 2.45) is 0 Å². The van der Waals surface area contributed by atoms with Crippen LogP contribution in [-0.2, 0) is 6.54 Å². The zero-order valence-corrected chi connectivity index (χ0v) is 15.1. The van der Waals surface area contributed by atoms with Crippen LogP contribution in [0.3, 0.4) is 0 Å². The Kier molecular flexibility index (Phi) is 4.55. The number of thiophene rings is 1. The third kappa shape index (κ3) is 3.68. The molecule has 0 radical (unpaired) electrons. The van der Waals surface area contributed by atoms with Crippen LogP contribution < -0.4 is 10.9 Å². The second kappa shape index (κ2) is 7.15. The van der Waals surface area contributed by atoms with Gasteiger partial charge in [-0.2, -0.15) is 5.10 Å². The maximum Gasteiger partial charge on any atom is 0.249 e. The van der Waals surface area contributed by atoms with E-state index in [1.54, 1.807) is 12.4 Å². The number of aromatic amines is 2. The largest absolute Gasteiger partial charge is 0.366 e. The van der Waals surface area contributed by atoms with Crippen LogP contribution in [0.2, 0.25) is 4.34 Å². The summed E-state index contributed by atoms with van der Waals surface area (Å²) in [7, 11) is 0. The minimum absolute atomic E-state index is 0.188. The van der Waals surface area contributed by atoms with E-state index in [1.165, 1.54) is 17.4 Å². The lowest BCUT2D eigenvalue weighted by Crippen LogP contribution is -2.05. The number of pyridine rings is 2. The van der Waals surface area contributed by atoms with Crippen molar-refractivity contribution >= 4 is 28.8 Å². The summed E-state index contributed by atoms with van der Waals surface area (Å²) in [5.41, 5.74) is 2.78. The molecule has 130 valence electrons. The number of nitrogens with zero attached hydrogens (tertiary/aromatic N) is 2. The van der Waals surface area contributed by atoms with Gasteiger partial charge in [-0.05, 0) is 30.3 Å². The van der Waals surface area contributed by atoms with E-state index >= 15 is 0 Å². The molecule has 0 saturated heterocycles. The molecular weight excluding hydrogens is 370 g/mol. The lowest BCUT2D eigenvalue weighted by Gasteiger charge is -2.03. The van der Waals surface area contributed by atoms with Crippen LogP contribution in [0.4, 0.5) is 5.82 Å². The Balaban J connectivity index is 1.57. The van der Waals surface area contributed by atoms with Gasteiger partial charge in [-0.1, -0.05) is 11.6 Å². The van der Waals surface area contributed by atoms with Crippen molar-refractivity contribution in [1.82, 2.24) is 20.2 Å². The van der Waals surface area contributed by atoms with Gasteiger partial charge >= 0.3 is 0 Å². The fourth-order valence-corrected chi connectivity index (χ4v) is 3.59. The Bertz CT molecular complexity index is 1090. The highest BCUT2D eigenvalue weighted by Crippen LogP contribution is 2.25. The van der Waals surface area contributed by atoms with Gasteiger partial charge in [0, 0.05) is 40.5 Å². The average Bonchev–Trinajstić information content (AvgIpc) is 3.29. The van der Waals surface area contributed by atoms with Crippen LogP contribution in [0.25, 0.3) is 22.5 Å². The molecule has 26 heavy (non-hydrogen) atoms. The maximum atomic E-state index is 12.0. The topological polar surface area (TPSA) is 86.5 Å². The zero-order chi connectivity index (χ0) is 17.9. The molecule has 0 amide bonds. The van der Waals surface area contributed by atoms with Crippen molar-refractivity contribution in [2.75, 3.05) is 5.32 Å². The van der Waals surface area contributed by atoms with Crippen LogP contribution in [0, 0.1) is 0 Å². The molecule has 0 unspecified atom stereocenters. The van der Waals surface area contributed by atoms with Crippen molar-refractivity contribution < 1.29 is 0 Å². The van der Waals surface area contributed by atoms with E-state index in [0.29, 0.717) is 17.9 Å². The van der Waals surface area contributed by atoms with E-state index in [2.05, 4.69) is 25.5 Å². The zero-order valence-electron chi connectivity index (χ0n) is 13.5. The monoisotopic (exact) mass is 383 g/mol. The highest BCUT2D eigenvalue weighted by atomic mass is 35.5. The molecule has 3 N–H and O–H groups in total. The van der Waals surface area contributed by atoms with Crippen LogP contribution in [0.15, 0.2) is 59.7 Å². The fourth-order valence-electron chi connectivity index (χ4n) is 2.56. The van der Waals surface area contributed by atoms with Gasteiger partial charge in [0.15, 0.2) is 0 Å². The van der Waals surface area contributed by atoms with Crippen molar-refractivity contribution in [3.8, 4) is 22.5 Å². The van der Waals surface area contributed by atoms with E-state index < -0.39 is 0 Å². The molecule has 6 nitrogen and oxygen atoms in total. The van der Waals surface area contributed by atoms with Crippen LogP contribution in [0.1, 0.15) is 4.88 Å². The summed E-state index contributed by atoms with van der Waals surface area (Å²) in [5.74, 6) is 0.771. The summed E-state index contributed by atoms with van der Waals surface area (Å²) in [6.45, 7) is 0.648. The number of anilines is 1. The third-order valence-electron chi connectivity index (χ3n) is 3.77. The first-order chi connectivity index (χ1) is 12.7. The Hall–Kier alpha value is -2.90. The van der Waals surface area contributed by atoms with Gasteiger partial charge in [-0.15, -0.1) is 11.3 Å². The molecule has 4 aromatic heterocycles. The van der Waals surface area contributed by atoms with Crippen LogP contribution in [-0.4, -0.2) is 20.2 Å². The van der Waals surface area contributed by atoms with Gasteiger partial charge in [0.25, 0.3) is 0 Å². The Morgan fingerprint density at radius 1 is 1.15 bits per heavy atom. The van der Waals surface area contributed by atoms with E-state index in [4.69, 9.17) is 11.6 Å². The molecule has 0 aromatic carbocycles. The standard InChI is InChI=1S/C18H14ClN5OS/c19-16-4-3-13(26-16)10-21-17-8-15(23-24-17)12-6-14(22-18(25)7-12)11-2-1-5-20-9-11/h1-9H,10H2,(H,22,25)(H2,21,23,24). The summed E-state index contributed by atoms with van der Waals surface area (Å²) in [6, 6.07) is 12.9. The van der Waals surface area contributed by atoms with E-state index in [9.17, 15) is 4.79 Å². The predicted molar refractivity (Wildman–Crippen MR) is 105 cm³/mol. The van der Waals surface area contributed by atoms with E-state index in [-0.39, 0.29) is 5.56 Å². The molecular formula is C18H14ClN5OS. The number of hydrogen-bond acceptors (Lipinski definition) is 5. The molecule has 4 heterocycles. The number of aromatic nitrogens is 4. The highest BCUT2D eigenvalue weighted by molar-refractivity contribution is 7.16. The first-order valence-corrected chi connectivity index (χ1v) is 9.05. The van der Waals surface area contributed by atoms with Gasteiger partial charge in [-0.3, -0.25) is 14.9 Å². The second-order valence-electron chi connectivity index (χ2n) is 5.61. The molecule has 0 fully saturated rings. The van der Waals surface area contributed by atoms with Crippen LogP contribution >= 0.6 is 22.9 Å².